The van der Waals surface area contributed by atoms with Gasteiger partial charge in [-0.25, -0.2) is 4.79 Å². The molecule has 66 valence electrons. The minimum Gasteiger partial charge on any atom is -0.312 e. The molecule has 0 fully saturated rings. The van der Waals surface area contributed by atoms with Gasteiger partial charge in [0.25, 0.3) is 0 Å². The number of rotatable bonds is 2. The first-order valence-corrected chi connectivity index (χ1v) is 3.98. The van der Waals surface area contributed by atoms with Gasteiger partial charge >= 0.3 is 5.69 Å². The van der Waals surface area contributed by atoms with E-state index in [2.05, 4.69) is 11.1 Å². The molecule has 0 atom stereocenters. The van der Waals surface area contributed by atoms with Crippen molar-refractivity contribution in [3.05, 3.63) is 34.0 Å². The van der Waals surface area contributed by atoms with Crippen molar-refractivity contribution in [2.45, 2.75) is 20.3 Å². The van der Waals surface area contributed by atoms with Crippen LogP contribution < -0.4 is 5.69 Å². The smallest absolute Gasteiger partial charge is 0.312 e. The zero-order valence-corrected chi connectivity index (χ0v) is 7.72. The lowest BCUT2D eigenvalue weighted by Gasteiger charge is -1.96. The highest BCUT2D eigenvalue weighted by Crippen LogP contribution is 1.98. The second-order valence-electron chi connectivity index (χ2n) is 3.13. The summed E-state index contributed by atoms with van der Waals surface area (Å²) in [7, 11) is 1.77. The van der Waals surface area contributed by atoms with Crippen LogP contribution >= 0.6 is 0 Å². The first kappa shape index (κ1) is 8.84. The first-order chi connectivity index (χ1) is 5.61. The molecule has 0 saturated carbocycles. The van der Waals surface area contributed by atoms with E-state index in [1.807, 2.05) is 13.8 Å². The predicted molar refractivity (Wildman–Crippen MR) is 49.2 cm³/mol. The molecule has 12 heavy (non-hydrogen) atoms. The van der Waals surface area contributed by atoms with Crippen molar-refractivity contribution in [2.75, 3.05) is 0 Å². The van der Waals surface area contributed by atoms with Crippen molar-refractivity contribution in [1.29, 1.82) is 0 Å². The van der Waals surface area contributed by atoms with Crippen LogP contribution in [0.2, 0.25) is 0 Å². The van der Waals surface area contributed by atoms with Crippen LogP contribution in [0.25, 0.3) is 0 Å². The molecule has 1 N–H and O–H groups in total. The highest BCUT2D eigenvalue weighted by Gasteiger charge is 1.98. The number of nitrogens with one attached hydrogen (secondary N) is 1. The fraction of sp³-hybridized carbons (Fsp3) is 0.444. The van der Waals surface area contributed by atoms with Crippen molar-refractivity contribution in [3.63, 3.8) is 0 Å². The van der Waals surface area contributed by atoms with Crippen LogP contribution in [0.15, 0.2) is 22.6 Å². The Balaban J connectivity index is 2.84. The monoisotopic (exact) mass is 166 g/mol. The topological polar surface area (TPSA) is 37.8 Å². The second kappa shape index (κ2) is 3.43. The van der Waals surface area contributed by atoms with Gasteiger partial charge in [-0.3, -0.25) is 4.57 Å². The van der Waals surface area contributed by atoms with Crippen LogP contribution in [0.4, 0.5) is 0 Å². The van der Waals surface area contributed by atoms with E-state index in [-0.39, 0.29) is 5.69 Å². The number of aromatic amines is 1. The van der Waals surface area contributed by atoms with E-state index in [0.717, 1.165) is 12.1 Å². The van der Waals surface area contributed by atoms with Crippen molar-refractivity contribution >= 4 is 0 Å². The zero-order valence-electron chi connectivity index (χ0n) is 7.72. The van der Waals surface area contributed by atoms with Gasteiger partial charge in [0, 0.05) is 25.4 Å². The van der Waals surface area contributed by atoms with Crippen LogP contribution in [-0.4, -0.2) is 9.55 Å². The van der Waals surface area contributed by atoms with Gasteiger partial charge in [-0.1, -0.05) is 11.6 Å². The van der Waals surface area contributed by atoms with E-state index in [1.54, 1.807) is 17.8 Å². The molecule has 0 spiro atoms. The highest BCUT2D eigenvalue weighted by molar-refractivity contribution is 5.07. The molecule has 0 bridgehead atoms. The van der Waals surface area contributed by atoms with Crippen molar-refractivity contribution < 1.29 is 0 Å². The average molecular weight is 166 g/mol. The molecule has 0 radical (unpaired) electrons. The first-order valence-electron chi connectivity index (χ1n) is 3.98. The third kappa shape index (κ3) is 1.87. The van der Waals surface area contributed by atoms with Gasteiger partial charge in [0.1, 0.15) is 0 Å². The molecule has 0 saturated heterocycles. The summed E-state index contributed by atoms with van der Waals surface area (Å²) in [5.41, 5.74) is 2.23. The Morgan fingerprint density at radius 1 is 1.67 bits per heavy atom. The van der Waals surface area contributed by atoms with Crippen LogP contribution in [0.5, 0.6) is 0 Å². The molecular formula is C9H14N2O. The van der Waals surface area contributed by atoms with Gasteiger partial charge in [0.15, 0.2) is 0 Å². The molecule has 1 rings (SSSR count). The Bertz CT molecular complexity index is 340. The molecule has 0 amide bonds. The predicted octanol–water partition coefficient (Wildman–Crippen LogP) is 1.22. The normalized spacial score (nSPS) is 9.92. The van der Waals surface area contributed by atoms with Gasteiger partial charge in [-0.15, -0.1) is 0 Å². The van der Waals surface area contributed by atoms with E-state index in [9.17, 15) is 4.79 Å². The molecular weight excluding hydrogens is 152 g/mol. The summed E-state index contributed by atoms with van der Waals surface area (Å²) in [5, 5.41) is 0. The maximum absolute atomic E-state index is 11.0. The lowest BCUT2D eigenvalue weighted by molar-refractivity contribution is 0.811. The lowest BCUT2D eigenvalue weighted by atomic mass is 10.2. The van der Waals surface area contributed by atoms with E-state index < -0.39 is 0 Å². The molecule has 0 aliphatic rings. The summed E-state index contributed by atoms with van der Waals surface area (Å²) in [6.07, 6.45) is 4.67. The van der Waals surface area contributed by atoms with Gasteiger partial charge < -0.3 is 4.98 Å². The summed E-state index contributed by atoms with van der Waals surface area (Å²) >= 11 is 0. The Morgan fingerprint density at radius 3 is 2.75 bits per heavy atom. The van der Waals surface area contributed by atoms with Gasteiger partial charge in [-0.2, -0.15) is 0 Å². The summed E-state index contributed by atoms with van der Waals surface area (Å²) in [6.45, 7) is 4.09. The number of imidazole rings is 1. The molecule has 3 heteroatoms. The largest absolute Gasteiger partial charge is 0.325 e. The van der Waals surface area contributed by atoms with Gasteiger partial charge in [0.2, 0.25) is 0 Å². The third-order valence-corrected chi connectivity index (χ3v) is 1.82. The van der Waals surface area contributed by atoms with Crippen LogP contribution in [0.3, 0.4) is 0 Å². The number of aromatic nitrogens is 2. The van der Waals surface area contributed by atoms with Crippen LogP contribution in [0, 0.1) is 0 Å². The maximum Gasteiger partial charge on any atom is 0.325 e. The average Bonchev–Trinajstić information content (AvgIpc) is 2.30. The fourth-order valence-electron chi connectivity index (χ4n) is 0.974. The minimum atomic E-state index is -0.0489. The lowest BCUT2D eigenvalue weighted by Crippen LogP contribution is -2.14. The van der Waals surface area contributed by atoms with E-state index in [1.165, 1.54) is 5.57 Å². The maximum atomic E-state index is 11.0. The number of hydrogen-bond acceptors (Lipinski definition) is 1. The standard InChI is InChI=1S/C9H14N2O/c1-7(2)4-5-8-6-10-9(12)11(8)3/h4,6H,5H2,1-3H3,(H,10,12). The van der Waals surface area contributed by atoms with Crippen LogP contribution in [-0.2, 0) is 13.5 Å². The van der Waals surface area contributed by atoms with Gasteiger partial charge in [-0.05, 0) is 13.8 Å². The Hall–Kier alpha value is -1.25. The Labute approximate surface area is 71.7 Å². The zero-order chi connectivity index (χ0) is 9.14. The molecule has 0 unspecified atom stereocenters. The van der Waals surface area contributed by atoms with Crippen molar-refractivity contribution in [2.24, 2.45) is 7.05 Å². The summed E-state index contributed by atoms with van der Waals surface area (Å²) in [5.74, 6) is 0. The minimum absolute atomic E-state index is 0.0489. The van der Waals surface area contributed by atoms with Gasteiger partial charge in [0.05, 0.1) is 0 Å². The second-order valence-corrected chi connectivity index (χ2v) is 3.13. The number of nitrogens with zero attached hydrogens (tertiary/aromatic N) is 1. The fourth-order valence-corrected chi connectivity index (χ4v) is 0.974. The molecule has 1 aromatic rings. The summed E-state index contributed by atoms with van der Waals surface area (Å²) in [6, 6.07) is 0. The quantitative estimate of drug-likeness (QED) is 0.659. The third-order valence-electron chi connectivity index (χ3n) is 1.82. The SMILES string of the molecule is CC(C)=CCc1c[nH]c(=O)n1C. The molecule has 3 nitrogen and oxygen atoms in total. The van der Waals surface area contributed by atoms with E-state index >= 15 is 0 Å². The molecule has 0 aromatic carbocycles. The van der Waals surface area contributed by atoms with E-state index in [4.69, 9.17) is 0 Å². The molecule has 0 aliphatic carbocycles. The van der Waals surface area contributed by atoms with Crippen molar-refractivity contribution in [1.82, 2.24) is 9.55 Å². The summed E-state index contributed by atoms with van der Waals surface area (Å²) in [4.78, 5) is 13.6. The van der Waals surface area contributed by atoms with Crippen LogP contribution in [0.1, 0.15) is 19.5 Å². The number of H-pyrrole nitrogens is 1. The molecule has 0 aliphatic heterocycles. The molecule has 1 heterocycles. The number of hydrogen-bond donors (Lipinski definition) is 1. The Kier molecular flexibility index (Phi) is 2.53. The van der Waals surface area contributed by atoms with Crippen molar-refractivity contribution in [3.8, 4) is 0 Å². The summed E-state index contributed by atoms with van der Waals surface area (Å²) < 4.78 is 1.62. The van der Waals surface area contributed by atoms with E-state index in [0.29, 0.717) is 0 Å². The Morgan fingerprint density at radius 2 is 2.33 bits per heavy atom. The number of allylic oxidation sites excluding steroid dienone is 2. The highest BCUT2D eigenvalue weighted by atomic mass is 16.1. The molecule has 1 aromatic heterocycles.